The Hall–Kier alpha value is -2.41. The number of aromatic nitrogens is 1. The van der Waals surface area contributed by atoms with Crippen LogP contribution in [0, 0.1) is 0 Å². The smallest absolute Gasteiger partial charge is 0.397 e. The second-order valence-electron chi connectivity index (χ2n) is 6.42. The van der Waals surface area contributed by atoms with Crippen LogP contribution in [0.15, 0.2) is 30.6 Å². The van der Waals surface area contributed by atoms with E-state index in [1.54, 1.807) is 0 Å². The normalized spacial score (nSPS) is 14.4. The second kappa shape index (κ2) is 6.09. The number of nitrogens with two attached hydrogens (primary N) is 1. The molecule has 4 rings (SSSR count). The zero-order valence-corrected chi connectivity index (χ0v) is 14.5. The van der Waals surface area contributed by atoms with Gasteiger partial charge in [-0.3, -0.25) is 9.78 Å². The lowest BCUT2D eigenvalue weighted by atomic mass is 9.90. The van der Waals surface area contributed by atoms with Gasteiger partial charge in [-0.05, 0) is 55.0 Å². The molecular formula is C19H15F3N2OS. The number of carbonyl (C=O) groups is 1. The number of carbonyl (C=O) groups excluding carboxylic acids is 1. The maximum atomic E-state index is 13.2. The topological polar surface area (TPSA) is 56.0 Å². The minimum absolute atomic E-state index is 0.140. The van der Waals surface area contributed by atoms with Gasteiger partial charge in [0.05, 0.1) is 21.7 Å². The van der Waals surface area contributed by atoms with E-state index in [1.807, 2.05) is 12.1 Å². The maximum Gasteiger partial charge on any atom is 0.417 e. The van der Waals surface area contributed by atoms with E-state index in [-0.39, 0.29) is 10.6 Å². The average Bonchev–Trinajstić information content (AvgIpc) is 2.94. The van der Waals surface area contributed by atoms with Crippen LogP contribution in [0.3, 0.4) is 0 Å². The van der Waals surface area contributed by atoms with Crippen LogP contribution in [0.2, 0.25) is 0 Å². The standard InChI is InChI=1S/C19H15F3N2OS/c20-19(21,22)14-5-6-24-9-13(14)17(25)18-16(23)12-7-10-3-1-2-4-11(10)8-15(12)26-18/h5-9H,1-4,23H2. The Labute approximate surface area is 151 Å². The number of ketones is 1. The van der Waals surface area contributed by atoms with Crippen LogP contribution in [0.25, 0.3) is 10.1 Å². The number of rotatable bonds is 2. The number of nitrogens with zero attached hydrogens (tertiary/aromatic N) is 1. The number of nitrogen functional groups attached to an aromatic ring is 1. The van der Waals surface area contributed by atoms with Crippen molar-refractivity contribution in [1.82, 2.24) is 4.98 Å². The van der Waals surface area contributed by atoms with Crippen LogP contribution in [-0.2, 0) is 19.0 Å². The zero-order chi connectivity index (χ0) is 18.5. The molecule has 0 fully saturated rings. The van der Waals surface area contributed by atoms with E-state index in [9.17, 15) is 18.0 Å². The molecule has 1 aliphatic carbocycles. The monoisotopic (exact) mass is 376 g/mol. The fourth-order valence-electron chi connectivity index (χ4n) is 3.46. The van der Waals surface area contributed by atoms with Gasteiger partial charge in [-0.2, -0.15) is 13.2 Å². The quantitative estimate of drug-likeness (QED) is 0.640. The third-order valence-electron chi connectivity index (χ3n) is 4.77. The molecule has 0 saturated carbocycles. The molecule has 7 heteroatoms. The first-order valence-electron chi connectivity index (χ1n) is 8.26. The molecule has 134 valence electrons. The molecule has 1 aliphatic rings. The van der Waals surface area contributed by atoms with E-state index < -0.39 is 23.1 Å². The minimum atomic E-state index is -4.63. The minimum Gasteiger partial charge on any atom is -0.397 e. The first-order chi connectivity index (χ1) is 12.4. The van der Waals surface area contributed by atoms with Crippen molar-refractivity contribution in [1.29, 1.82) is 0 Å². The Morgan fingerprint density at radius 2 is 1.85 bits per heavy atom. The van der Waals surface area contributed by atoms with Crippen molar-refractivity contribution >= 4 is 32.9 Å². The summed E-state index contributed by atoms with van der Waals surface area (Å²) in [5, 5.41) is 0.747. The number of thiophene rings is 1. The zero-order valence-electron chi connectivity index (χ0n) is 13.7. The molecule has 26 heavy (non-hydrogen) atoms. The summed E-state index contributed by atoms with van der Waals surface area (Å²) in [7, 11) is 0. The highest BCUT2D eigenvalue weighted by atomic mass is 32.1. The summed E-state index contributed by atoms with van der Waals surface area (Å²) in [6, 6.07) is 4.82. The first kappa shape index (κ1) is 17.0. The summed E-state index contributed by atoms with van der Waals surface area (Å²) in [6.45, 7) is 0. The van der Waals surface area contributed by atoms with E-state index in [0.717, 1.165) is 65.6 Å². The first-order valence-corrected chi connectivity index (χ1v) is 9.07. The summed E-state index contributed by atoms with van der Waals surface area (Å²) in [4.78, 5) is 16.7. The number of anilines is 1. The van der Waals surface area contributed by atoms with Gasteiger partial charge in [0.25, 0.3) is 0 Å². The number of aryl methyl sites for hydroxylation is 2. The molecule has 0 atom stereocenters. The van der Waals surface area contributed by atoms with Crippen LogP contribution in [0.4, 0.5) is 18.9 Å². The fourth-order valence-corrected chi connectivity index (χ4v) is 4.58. The summed E-state index contributed by atoms with van der Waals surface area (Å²) >= 11 is 1.15. The van der Waals surface area contributed by atoms with Crippen LogP contribution in [0.5, 0.6) is 0 Å². The Morgan fingerprint density at radius 1 is 1.15 bits per heavy atom. The van der Waals surface area contributed by atoms with Gasteiger partial charge in [-0.1, -0.05) is 0 Å². The summed E-state index contributed by atoms with van der Waals surface area (Å²) in [6.07, 6.45) is 1.53. The molecular weight excluding hydrogens is 361 g/mol. The largest absolute Gasteiger partial charge is 0.417 e. The third-order valence-corrected chi connectivity index (χ3v) is 5.94. The van der Waals surface area contributed by atoms with Crippen molar-refractivity contribution in [3.05, 3.63) is 57.7 Å². The van der Waals surface area contributed by atoms with Gasteiger partial charge in [0, 0.05) is 22.5 Å². The van der Waals surface area contributed by atoms with Crippen LogP contribution in [0.1, 0.15) is 44.8 Å². The van der Waals surface area contributed by atoms with Crippen LogP contribution in [-0.4, -0.2) is 10.8 Å². The lowest BCUT2D eigenvalue weighted by Crippen LogP contribution is -2.14. The highest BCUT2D eigenvalue weighted by Crippen LogP contribution is 2.40. The SMILES string of the molecule is Nc1c(C(=O)c2cnccc2C(F)(F)F)sc2cc3c(cc12)CCCC3. The van der Waals surface area contributed by atoms with Crippen molar-refractivity contribution < 1.29 is 18.0 Å². The molecule has 1 aromatic carbocycles. The molecule has 0 amide bonds. The number of hydrogen-bond acceptors (Lipinski definition) is 4. The van der Waals surface area contributed by atoms with Gasteiger partial charge in [0.2, 0.25) is 5.78 Å². The molecule has 0 saturated heterocycles. The number of benzene rings is 1. The molecule has 2 heterocycles. The molecule has 0 aliphatic heterocycles. The maximum absolute atomic E-state index is 13.2. The van der Waals surface area contributed by atoms with Crippen molar-refractivity contribution in [3.63, 3.8) is 0 Å². The van der Waals surface area contributed by atoms with E-state index >= 15 is 0 Å². The van der Waals surface area contributed by atoms with Gasteiger partial charge in [-0.25, -0.2) is 0 Å². The molecule has 0 spiro atoms. The molecule has 3 aromatic rings. The van der Waals surface area contributed by atoms with Gasteiger partial charge in [0.15, 0.2) is 0 Å². The molecule has 0 unspecified atom stereocenters. The van der Waals surface area contributed by atoms with Gasteiger partial charge in [0.1, 0.15) is 0 Å². The van der Waals surface area contributed by atoms with Crippen molar-refractivity contribution in [2.24, 2.45) is 0 Å². The number of hydrogen-bond donors (Lipinski definition) is 1. The van der Waals surface area contributed by atoms with E-state index in [0.29, 0.717) is 0 Å². The Balaban J connectivity index is 1.85. The van der Waals surface area contributed by atoms with Gasteiger partial charge >= 0.3 is 6.18 Å². The van der Waals surface area contributed by atoms with Crippen molar-refractivity contribution in [3.8, 4) is 0 Å². The lowest BCUT2D eigenvalue weighted by molar-refractivity contribution is -0.137. The highest BCUT2D eigenvalue weighted by molar-refractivity contribution is 7.21. The molecule has 0 bridgehead atoms. The summed E-state index contributed by atoms with van der Waals surface area (Å²) in [5.41, 5.74) is 7.40. The van der Waals surface area contributed by atoms with Crippen LogP contribution < -0.4 is 5.73 Å². The van der Waals surface area contributed by atoms with Gasteiger partial charge < -0.3 is 5.73 Å². The van der Waals surface area contributed by atoms with E-state index in [1.165, 1.54) is 11.1 Å². The summed E-state index contributed by atoms with van der Waals surface area (Å²) in [5.74, 6) is -0.734. The Morgan fingerprint density at radius 3 is 2.54 bits per heavy atom. The Bertz CT molecular complexity index is 1020. The van der Waals surface area contributed by atoms with Crippen molar-refractivity contribution in [2.75, 3.05) is 5.73 Å². The fraction of sp³-hybridized carbons (Fsp3) is 0.263. The number of halogens is 3. The summed E-state index contributed by atoms with van der Waals surface area (Å²) < 4.78 is 40.5. The number of fused-ring (bicyclic) bond motifs is 2. The van der Waals surface area contributed by atoms with E-state index in [4.69, 9.17) is 5.73 Å². The van der Waals surface area contributed by atoms with Gasteiger partial charge in [-0.15, -0.1) is 11.3 Å². The predicted molar refractivity (Wildman–Crippen MR) is 95.6 cm³/mol. The predicted octanol–water partition coefficient (Wildman–Crippen LogP) is 5.01. The molecule has 3 nitrogen and oxygen atoms in total. The number of pyridine rings is 1. The van der Waals surface area contributed by atoms with Crippen molar-refractivity contribution in [2.45, 2.75) is 31.9 Å². The molecule has 2 N–H and O–H groups in total. The third kappa shape index (κ3) is 2.76. The second-order valence-corrected chi connectivity index (χ2v) is 7.47. The highest BCUT2D eigenvalue weighted by Gasteiger charge is 2.36. The van der Waals surface area contributed by atoms with E-state index in [2.05, 4.69) is 4.98 Å². The molecule has 0 radical (unpaired) electrons. The number of alkyl halides is 3. The molecule has 2 aromatic heterocycles. The van der Waals surface area contributed by atoms with Crippen LogP contribution >= 0.6 is 11.3 Å². The lowest BCUT2D eigenvalue weighted by Gasteiger charge is -2.15. The average molecular weight is 376 g/mol. The Kier molecular flexibility index (Phi) is 3.99.